The summed E-state index contributed by atoms with van der Waals surface area (Å²) in [6.07, 6.45) is 3.95. The lowest BCUT2D eigenvalue weighted by atomic mass is 10.1. The average Bonchev–Trinajstić information content (AvgIpc) is 3.25. The van der Waals surface area contributed by atoms with Crippen molar-refractivity contribution < 1.29 is 22.6 Å². The minimum absolute atomic E-state index is 0.0181. The number of para-hydroxylation sites is 1. The summed E-state index contributed by atoms with van der Waals surface area (Å²) in [6, 6.07) is 14.9. The largest absolute Gasteiger partial charge is 0.468 e. The number of amides is 1. The highest BCUT2D eigenvalue weighted by Gasteiger charge is 2.14. The third-order valence-corrected chi connectivity index (χ3v) is 5.41. The van der Waals surface area contributed by atoms with Crippen LogP contribution < -0.4 is 10.0 Å². The summed E-state index contributed by atoms with van der Waals surface area (Å²) in [4.78, 5) is 22.6. The number of furan rings is 1. The normalized spacial score (nSPS) is 11.5. The Labute approximate surface area is 172 Å². The molecular formula is C20H17N3O6S. The molecule has 0 aliphatic carbocycles. The van der Waals surface area contributed by atoms with Crippen molar-refractivity contribution in [3.63, 3.8) is 0 Å². The molecule has 9 nitrogen and oxygen atoms in total. The first-order valence-electron chi connectivity index (χ1n) is 8.70. The molecular weight excluding hydrogens is 410 g/mol. The van der Waals surface area contributed by atoms with Gasteiger partial charge in [-0.05, 0) is 48.5 Å². The van der Waals surface area contributed by atoms with Crippen LogP contribution in [-0.4, -0.2) is 19.2 Å². The Hall–Kier alpha value is -3.76. The zero-order valence-electron chi connectivity index (χ0n) is 15.5. The van der Waals surface area contributed by atoms with Crippen molar-refractivity contribution in [2.45, 2.75) is 11.4 Å². The first-order valence-corrected chi connectivity index (χ1v) is 10.2. The Bertz CT molecular complexity index is 1170. The van der Waals surface area contributed by atoms with E-state index in [9.17, 15) is 23.3 Å². The summed E-state index contributed by atoms with van der Waals surface area (Å²) < 4.78 is 32.1. The maximum absolute atomic E-state index is 12.3. The van der Waals surface area contributed by atoms with Gasteiger partial charge >= 0.3 is 0 Å². The number of sulfonamides is 1. The fourth-order valence-corrected chi connectivity index (χ4v) is 3.52. The van der Waals surface area contributed by atoms with E-state index in [2.05, 4.69) is 10.0 Å². The van der Waals surface area contributed by atoms with Crippen LogP contribution in [0.25, 0.3) is 6.08 Å². The van der Waals surface area contributed by atoms with Gasteiger partial charge in [-0.15, -0.1) is 0 Å². The van der Waals surface area contributed by atoms with Gasteiger partial charge in [0.25, 0.3) is 5.69 Å². The van der Waals surface area contributed by atoms with Crippen LogP contribution in [0.1, 0.15) is 11.3 Å². The quantitative estimate of drug-likeness (QED) is 0.322. The van der Waals surface area contributed by atoms with Crippen molar-refractivity contribution in [3.8, 4) is 0 Å². The van der Waals surface area contributed by atoms with Crippen molar-refractivity contribution in [1.82, 2.24) is 4.72 Å². The summed E-state index contributed by atoms with van der Waals surface area (Å²) in [5.41, 5.74) is 0.553. The molecule has 0 fully saturated rings. The van der Waals surface area contributed by atoms with Gasteiger partial charge in [-0.2, -0.15) is 0 Å². The molecule has 3 rings (SSSR count). The number of carbonyl (C=O) groups is 1. The Balaban J connectivity index is 1.62. The lowest BCUT2D eigenvalue weighted by Crippen LogP contribution is -2.23. The molecule has 0 saturated carbocycles. The lowest BCUT2D eigenvalue weighted by Gasteiger charge is -2.07. The second-order valence-corrected chi connectivity index (χ2v) is 7.83. The van der Waals surface area contributed by atoms with Crippen LogP contribution in [0, 0.1) is 10.1 Å². The molecule has 0 saturated heterocycles. The molecule has 0 aliphatic rings. The molecule has 1 heterocycles. The zero-order valence-corrected chi connectivity index (χ0v) is 16.3. The number of rotatable bonds is 8. The minimum Gasteiger partial charge on any atom is -0.468 e. The third kappa shape index (κ3) is 5.40. The topological polar surface area (TPSA) is 132 Å². The van der Waals surface area contributed by atoms with E-state index >= 15 is 0 Å². The van der Waals surface area contributed by atoms with Crippen molar-refractivity contribution in [1.29, 1.82) is 0 Å². The van der Waals surface area contributed by atoms with Gasteiger partial charge in [-0.3, -0.25) is 14.9 Å². The molecule has 0 atom stereocenters. The van der Waals surface area contributed by atoms with Gasteiger partial charge in [0.1, 0.15) is 5.76 Å². The number of carbonyl (C=O) groups excluding carboxylic acids is 1. The Kier molecular flexibility index (Phi) is 6.40. The number of nitro benzene ring substituents is 1. The number of anilines is 1. The summed E-state index contributed by atoms with van der Waals surface area (Å²) in [7, 11) is -3.74. The van der Waals surface area contributed by atoms with Crippen molar-refractivity contribution in [2.24, 2.45) is 0 Å². The third-order valence-electron chi connectivity index (χ3n) is 4.00. The van der Waals surface area contributed by atoms with E-state index in [1.807, 2.05) is 0 Å². The molecule has 0 unspecified atom stereocenters. The van der Waals surface area contributed by atoms with Crippen LogP contribution in [0.5, 0.6) is 0 Å². The summed E-state index contributed by atoms with van der Waals surface area (Å²) in [6.45, 7) is 0.0181. The molecule has 1 aromatic heterocycles. The van der Waals surface area contributed by atoms with E-state index in [0.29, 0.717) is 17.0 Å². The van der Waals surface area contributed by atoms with Gasteiger partial charge in [0.05, 0.1) is 28.2 Å². The van der Waals surface area contributed by atoms with E-state index in [1.54, 1.807) is 18.2 Å². The first-order chi connectivity index (χ1) is 14.3. The van der Waals surface area contributed by atoms with Crippen LogP contribution >= 0.6 is 0 Å². The van der Waals surface area contributed by atoms with Crippen LogP contribution in [0.4, 0.5) is 11.4 Å². The van der Waals surface area contributed by atoms with Crippen LogP contribution in [0.2, 0.25) is 0 Å². The van der Waals surface area contributed by atoms with Gasteiger partial charge < -0.3 is 9.73 Å². The smallest absolute Gasteiger partial charge is 0.276 e. The number of nitrogens with zero attached hydrogens (tertiary/aromatic N) is 1. The molecule has 3 aromatic rings. The molecule has 154 valence electrons. The minimum atomic E-state index is -3.74. The fraction of sp³-hybridized carbons (Fsp3) is 0.0500. The number of nitro groups is 1. The second-order valence-electron chi connectivity index (χ2n) is 6.07. The molecule has 30 heavy (non-hydrogen) atoms. The molecule has 0 bridgehead atoms. The predicted molar refractivity (Wildman–Crippen MR) is 110 cm³/mol. The van der Waals surface area contributed by atoms with E-state index in [1.165, 1.54) is 54.8 Å². The van der Waals surface area contributed by atoms with E-state index in [0.717, 1.165) is 6.08 Å². The molecule has 2 aromatic carbocycles. The monoisotopic (exact) mass is 427 g/mol. The first kappa shape index (κ1) is 21.0. The standard InChI is InChI=1S/C20H17N3O6S/c24-20(12-7-15-4-1-2-6-19(15)23(25)26)22-16-8-10-18(11-9-16)30(27,28)21-14-17-5-3-13-29-17/h1-13,21H,14H2,(H,22,24)/b12-7-. The van der Waals surface area contributed by atoms with Gasteiger partial charge in [0.15, 0.2) is 0 Å². The highest BCUT2D eigenvalue weighted by Crippen LogP contribution is 2.19. The Morgan fingerprint density at radius 2 is 1.80 bits per heavy atom. The molecule has 0 spiro atoms. The predicted octanol–water partition coefficient (Wildman–Crippen LogP) is 3.32. The van der Waals surface area contributed by atoms with Crippen molar-refractivity contribution in [3.05, 3.63) is 94.4 Å². The number of hydrogen-bond acceptors (Lipinski definition) is 6. The molecule has 0 aliphatic heterocycles. The van der Waals surface area contributed by atoms with Gasteiger partial charge in [0, 0.05) is 17.8 Å². The summed E-state index contributed by atoms with van der Waals surface area (Å²) in [5.74, 6) is -0.0346. The fourth-order valence-electron chi connectivity index (χ4n) is 2.52. The van der Waals surface area contributed by atoms with E-state index < -0.39 is 20.9 Å². The second kappa shape index (κ2) is 9.16. The van der Waals surface area contributed by atoms with E-state index in [4.69, 9.17) is 4.42 Å². The highest BCUT2D eigenvalue weighted by molar-refractivity contribution is 7.89. The molecule has 10 heteroatoms. The number of benzene rings is 2. The van der Waals surface area contributed by atoms with Crippen LogP contribution in [0.3, 0.4) is 0 Å². The maximum atomic E-state index is 12.3. The van der Waals surface area contributed by atoms with Gasteiger partial charge in [-0.25, -0.2) is 13.1 Å². The molecule has 1 amide bonds. The Morgan fingerprint density at radius 3 is 2.47 bits per heavy atom. The Morgan fingerprint density at radius 1 is 1.07 bits per heavy atom. The van der Waals surface area contributed by atoms with E-state index in [-0.39, 0.29) is 17.1 Å². The summed E-state index contributed by atoms with van der Waals surface area (Å²) in [5, 5.41) is 13.6. The molecule has 0 radical (unpaired) electrons. The van der Waals surface area contributed by atoms with Gasteiger partial charge in [-0.1, -0.05) is 12.1 Å². The van der Waals surface area contributed by atoms with Crippen LogP contribution in [0.15, 0.2) is 82.3 Å². The lowest BCUT2D eigenvalue weighted by molar-refractivity contribution is -0.385. The van der Waals surface area contributed by atoms with Crippen LogP contribution in [-0.2, 0) is 21.4 Å². The summed E-state index contributed by atoms with van der Waals surface area (Å²) >= 11 is 0. The highest BCUT2D eigenvalue weighted by atomic mass is 32.2. The molecule has 2 N–H and O–H groups in total. The SMILES string of the molecule is O=C(/C=C\c1ccccc1[N+](=O)[O-])Nc1ccc(S(=O)(=O)NCc2ccco2)cc1. The zero-order chi connectivity index (χ0) is 21.6. The van der Waals surface area contributed by atoms with Gasteiger partial charge in [0.2, 0.25) is 15.9 Å². The maximum Gasteiger partial charge on any atom is 0.276 e. The van der Waals surface area contributed by atoms with Crippen molar-refractivity contribution >= 4 is 33.4 Å². The van der Waals surface area contributed by atoms with Crippen molar-refractivity contribution in [2.75, 3.05) is 5.32 Å². The average molecular weight is 427 g/mol. The number of hydrogen-bond donors (Lipinski definition) is 2. The number of nitrogens with one attached hydrogen (secondary N) is 2.